The second-order valence-corrected chi connectivity index (χ2v) is 5.71. The first-order chi connectivity index (χ1) is 9.72. The first-order valence-electron chi connectivity index (χ1n) is 6.67. The molecule has 1 fully saturated rings. The largest absolute Gasteiger partial charge is 0.341 e. The van der Waals surface area contributed by atoms with Crippen LogP contribution in [-0.2, 0) is 11.3 Å². The Labute approximate surface area is 132 Å². The highest BCUT2D eigenvalue weighted by Crippen LogP contribution is 2.10. The third-order valence-electron chi connectivity index (χ3n) is 3.14. The van der Waals surface area contributed by atoms with Crippen LogP contribution in [0.1, 0.15) is 18.4 Å². The number of hydrogen-bond acceptors (Lipinski definition) is 3. The molecule has 0 radical (unpaired) electrons. The number of imide groups is 1. The van der Waals surface area contributed by atoms with E-state index in [9.17, 15) is 9.59 Å². The summed E-state index contributed by atoms with van der Waals surface area (Å²) in [6.45, 7) is 1.18. The molecule has 2 rings (SSSR count). The van der Waals surface area contributed by atoms with Gasteiger partial charge in [0.1, 0.15) is 6.54 Å². The van der Waals surface area contributed by atoms with Crippen molar-refractivity contribution in [3.8, 4) is 0 Å². The summed E-state index contributed by atoms with van der Waals surface area (Å²) < 4.78 is 1.05. The molecule has 20 heavy (non-hydrogen) atoms. The van der Waals surface area contributed by atoms with Crippen LogP contribution in [0.2, 0.25) is 0 Å². The average Bonchev–Trinajstić information content (AvgIpc) is 2.74. The van der Waals surface area contributed by atoms with Crippen LogP contribution < -0.4 is 5.43 Å². The number of unbranched alkanes of at least 4 members (excludes halogenated alkanes) is 1. The summed E-state index contributed by atoms with van der Waals surface area (Å²) >= 11 is 2.30. The summed E-state index contributed by atoms with van der Waals surface area (Å²) in [6.07, 6.45) is 1.89. The van der Waals surface area contributed by atoms with Crippen LogP contribution in [0.15, 0.2) is 30.3 Å². The third-order valence-corrected chi connectivity index (χ3v) is 3.90. The number of urea groups is 1. The van der Waals surface area contributed by atoms with Gasteiger partial charge in [-0.1, -0.05) is 52.9 Å². The Morgan fingerprint density at radius 1 is 1.15 bits per heavy atom. The zero-order valence-electron chi connectivity index (χ0n) is 11.2. The van der Waals surface area contributed by atoms with Crippen LogP contribution in [0.5, 0.6) is 0 Å². The number of hydrazine groups is 1. The van der Waals surface area contributed by atoms with Gasteiger partial charge in [-0.2, -0.15) is 0 Å². The van der Waals surface area contributed by atoms with E-state index in [0.717, 1.165) is 22.8 Å². The Balaban J connectivity index is 1.84. The molecule has 1 saturated heterocycles. The van der Waals surface area contributed by atoms with Gasteiger partial charge in [-0.3, -0.25) is 9.69 Å². The molecule has 0 saturated carbocycles. The van der Waals surface area contributed by atoms with E-state index in [-0.39, 0.29) is 18.5 Å². The highest BCUT2D eigenvalue weighted by Gasteiger charge is 2.35. The van der Waals surface area contributed by atoms with E-state index in [0.29, 0.717) is 13.1 Å². The van der Waals surface area contributed by atoms with E-state index in [1.54, 1.807) is 0 Å². The monoisotopic (exact) mass is 387 g/mol. The number of amides is 3. The highest BCUT2D eigenvalue weighted by molar-refractivity contribution is 14.1. The molecule has 1 aliphatic heterocycles. The zero-order valence-corrected chi connectivity index (χ0v) is 13.4. The maximum Gasteiger partial charge on any atom is 0.341 e. The Kier molecular flexibility index (Phi) is 5.78. The van der Waals surface area contributed by atoms with Crippen LogP contribution in [0.3, 0.4) is 0 Å². The number of carbonyl (C=O) groups is 2. The summed E-state index contributed by atoms with van der Waals surface area (Å²) in [6, 6.07) is 9.57. The fourth-order valence-corrected chi connectivity index (χ4v) is 2.57. The van der Waals surface area contributed by atoms with Crippen molar-refractivity contribution in [2.45, 2.75) is 19.4 Å². The number of nitrogens with one attached hydrogen (secondary N) is 1. The lowest BCUT2D eigenvalue weighted by Crippen LogP contribution is -2.41. The Morgan fingerprint density at radius 2 is 1.90 bits per heavy atom. The van der Waals surface area contributed by atoms with Crippen LogP contribution in [0.4, 0.5) is 4.79 Å². The molecule has 6 heteroatoms. The van der Waals surface area contributed by atoms with Crippen molar-refractivity contribution >= 4 is 34.5 Å². The van der Waals surface area contributed by atoms with Gasteiger partial charge in [0.25, 0.3) is 5.91 Å². The first-order valence-corrected chi connectivity index (χ1v) is 8.20. The molecule has 0 bridgehead atoms. The van der Waals surface area contributed by atoms with Crippen molar-refractivity contribution in [1.29, 1.82) is 0 Å². The van der Waals surface area contributed by atoms with E-state index >= 15 is 0 Å². The third kappa shape index (κ3) is 3.92. The van der Waals surface area contributed by atoms with Crippen molar-refractivity contribution in [3.05, 3.63) is 35.9 Å². The summed E-state index contributed by atoms with van der Waals surface area (Å²) in [5.41, 5.74) is 4.10. The van der Waals surface area contributed by atoms with E-state index in [1.165, 1.54) is 9.91 Å². The standard InChI is InChI=1S/C14H18IN3O2/c15-8-4-5-9-17-13(19)11-18(14(17)20)16-10-12-6-2-1-3-7-12/h1-3,6-7,16H,4-5,8-11H2. The second kappa shape index (κ2) is 7.58. The first kappa shape index (κ1) is 15.2. The molecule has 3 amide bonds. The molecule has 0 spiro atoms. The van der Waals surface area contributed by atoms with Gasteiger partial charge in [0, 0.05) is 13.1 Å². The summed E-state index contributed by atoms with van der Waals surface area (Å²) in [4.78, 5) is 25.3. The molecule has 1 aliphatic rings. The van der Waals surface area contributed by atoms with Crippen molar-refractivity contribution < 1.29 is 9.59 Å². The lowest BCUT2D eigenvalue weighted by atomic mass is 10.2. The van der Waals surface area contributed by atoms with Crippen molar-refractivity contribution in [2.24, 2.45) is 0 Å². The molecular weight excluding hydrogens is 369 g/mol. The average molecular weight is 387 g/mol. The Bertz CT molecular complexity index is 467. The zero-order chi connectivity index (χ0) is 14.4. The Morgan fingerprint density at radius 3 is 2.60 bits per heavy atom. The second-order valence-electron chi connectivity index (χ2n) is 4.63. The number of hydrogen-bond donors (Lipinski definition) is 1. The molecule has 1 heterocycles. The number of halogens is 1. The van der Waals surface area contributed by atoms with E-state index < -0.39 is 0 Å². The van der Waals surface area contributed by atoms with Gasteiger partial charge in [0.2, 0.25) is 0 Å². The minimum Gasteiger partial charge on any atom is -0.272 e. The van der Waals surface area contributed by atoms with E-state index in [2.05, 4.69) is 28.0 Å². The normalized spacial score (nSPS) is 15.2. The molecule has 5 nitrogen and oxygen atoms in total. The molecule has 0 aliphatic carbocycles. The number of nitrogens with zero attached hydrogens (tertiary/aromatic N) is 2. The molecule has 0 unspecified atom stereocenters. The molecule has 1 aromatic rings. The van der Waals surface area contributed by atoms with Gasteiger partial charge in [-0.05, 0) is 22.8 Å². The summed E-state index contributed by atoms with van der Waals surface area (Å²) in [7, 11) is 0. The van der Waals surface area contributed by atoms with Gasteiger partial charge in [0.05, 0.1) is 0 Å². The fraction of sp³-hybridized carbons (Fsp3) is 0.429. The molecule has 0 aromatic heterocycles. The summed E-state index contributed by atoms with van der Waals surface area (Å²) in [5.74, 6) is -0.121. The van der Waals surface area contributed by atoms with E-state index in [4.69, 9.17) is 0 Å². The highest BCUT2D eigenvalue weighted by atomic mass is 127. The molecule has 0 atom stereocenters. The van der Waals surface area contributed by atoms with Crippen LogP contribution in [0.25, 0.3) is 0 Å². The van der Waals surface area contributed by atoms with Gasteiger partial charge in [-0.25, -0.2) is 15.2 Å². The van der Waals surface area contributed by atoms with Crippen molar-refractivity contribution in [2.75, 3.05) is 17.5 Å². The number of alkyl halides is 1. The number of benzene rings is 1. The molecule has 1 N–H and O–H groups in total. The number of carbonyl (C=O) groups excluding carboxylic acids is 2. The van der Waals surface area contributed by atoms with Crippen molar-refractivity contribution in [3.63, 3.8) is 0 Å². The van der Waals surface area contributed by atoms with Crippen LogP contribution in [-0.4, -0.2) is 39.4 Å². The smallest absolute Gasteiger partial charge is 0.272 e. The van der Waals surface area contributed by atoms with Gasteiger partial charge >= 0.3 is 6.03 Å². The molecule has 1 aromatic carbocycles. The van der Waals surface area contributed by atoms with E-state index in [1.807, 2.05) is 30.3 Å². The van der Waals surface area contributed by atoms with Gasteiger partial charge < -0.3 is 0 Å². The van der Waals surface area contributed by atoms with Crippen LogP contribution in [0, 0.1) is 0 Å². The minimum atomic E-state index is -0.237. The maximum absolute atomic E-state index is 12.1. The minimum absolute atomic E-state index is 0.121. The number of rotatable bonds is 7. The molecule has 108 valence electrons. The topological polar surface area (TPSA) is 52.7 Å². The summed E-state index contributed by atoms with van der Waals surface area (Å²) in [5, 5.41) is 1.40. The predicted octanol–water partition coefficient (Wildman–Crippen LogP) is 2.17. The van der Waals surface area contributed by atoms with Gasteiger partial charge in [0.15, 0.2) is 0 Å². The van der Waals surface area contributed by atoms with Crippen molar-refractivity contribution in [1.82, 2.24) is 15.3 Å². The molecular formula is C14H18IN3O2. The fourth-order valence-electron chi connectivity index (χ4n) is 2.03. The van der Waals surface area contributed by atoms with Crippen LogP contribution >= 0.6 is 22.6 Å². The maximum atomic E-state index is 12.1. The Hall–Kier alpha value is -1.15. The lowest BCUT2D eigenvalue weighted by molar-refractivity contribution is -0.125. The predicted molar refractivity (Wildman–Crippen MR) is 85.2 cm³/mol. The lowest BCUT2D eigenvalue weighted by Gasteiger charge is -2.17. The quantitative estimate of drug-likeness (QED) is 0.338. The van der Waals surface area contributed by atoms with Gasteiger partial charge in [-0.15, -0.1) is 0 Å². The SMILES string of the molecule is O=C1CN(NCc2ccccc2)C(=O)N1CCCCI.